The fourth-order valence-corrected chi connectivity index (χ4v) is 3.96. The first kappa shape index (κ1) is 18.1. The van der Waals surface area contributed by atoms with Crippen LogP contribution in [0.3, 0.4) is 0 Å². The second kappa shape index (κ2) is 7.46. The molecule has 6 heteroatoms. The van der Waals surface area contributed by atoms with Gasteiger partial charge in [-0.25, -0.2) is 4.68 Å². The highest BCUT2D eigenvalue weighted by atomic mass is 16.5. The van der Waals surface area contributed by atoms with Crippen molar-refractivity contribution in [2.75, 3.05) is 39.5 Å². The number of rotatable bonds is 3. The molecule has 0 atom stereocenters. The lowest BCUT2D eigenvalue weighted by atomic mass is 9.86. The maximum Gasteiger partial charge on any atom is 0.274 e. The Kier molecular flexibility index (Phi) is 4.66. The Hall–Kier alpha value is -2.96. The number of carbonyl (C=O) groups is 1. The van der Waals surface area contributed by atoms with Crippen molar-refractivity contribution >= 4 is 5.91 Å². The fraction of sp³-hybridized carbons (Fsp3) is 0.304. The molecule has 2 aromatic carbocycles. The van der Waals surface area contributed by atoms with E-state index >= 15 is 0 Å². The molecule has 29 heavy (non-hydrogen) atoms. The summed E-state index contributed by atoms with van der Waals surface area (Å²) < 4.78 is 13.0. The summed E-state index contributed by atoms with van der Waals surface area (Å²) in [4.78, 5) is 15.2. The van der Waals surface area contributed by atoms with E-state index in [1.807, 2.05) is 76.3 Å². The molecule has 3 aromatic rings. The van der Waals surface area contributed by atoms with Gasteiger partial charge in [0.05, 0.1) is 43.2 Å². The van der Waals surface area contributed by atoms with Crippen molar-refractivity contribution in [2.24, 2.45) is 5.41 Å². The van der Waals surface area contributed by atoms with E-state index in [4.69, 9.17) is 14.6 Å². The molecule has 0 N–H and O–H groups in total. The number of amides is 1. The Labute approximate surface area is 169 Å². The van der Waals surface area contributed by atoms with E-state index < -0.39 is 0 Å². The first-order valence-electron chi connectivity index (χ1n) is 9.90. The second-order valence-corrected chi connectivity index (χ2v) is 7.80. The summed E-state index contributed by atoms with van der Waals surface area (Å²) in [5.74, 6) is -0.0614. The average Bonchev–Trinajstić information content (AvgIpc) is 3.06. The summed E-state index contributed by atoms with van der Waals surface area (Å²) in [6, 6.07) is 21.8. The monoisotopic (exact) mass is 389 g/mol. The lowest BCUT2D eigenvalue weighted by Gasteiger charge is -2.41. The third kappa shape index (κ3) is 3.45. The molecule has 2 fully saturated rings. The van der Waals surface area contributed by atoms with E-state index in [1.165, 1.54) is 0 Å². The third-order valence-electron chi connectivity index (χ3n) is 5.54. The molecule has 2 aliphatic rings. The van der Waals surface area contributed by atoms with Gasteiger partial charge in [0.25, 0.3) is 5.91 Å². The molecule has 0 radical (unpaired) electrons. The van der Waals surface area contributed by atoms with E-state index in [2.05, 4.69) is 0 Å². The molecule has 2 aliphatic heterocycles. The molecule has 1 amide bonds. The second-order valence-electron chi connectivity index (χ2n) is 7.80. The number of benzene rings is 2. The highest BCUT2D eigenvalue weighted by Crippen LogP contribution is 2.31. The van der Waals surface area contributed by atoms with Crippen LogP contribution in [-0.4, -0.2) is 60.1 Å². The molecule has 6 nitrogen and oxygen atoms in total. The Morgan fingerprint density at radius 3 is 2.31 bits per heavy atom. The minimum Gasteiger partial charge on any atom is -0.380 e. The molecule has 0 saturated carbocycles. The predicted octanol–water partition coefficient (Wildman–Crippen LogP) is 3.03. The highest BCUT2D eigenvalue weighted by Gasteiger charge is 2.43. The van der Waals surface area contributed by atoms with Crippen molar-refractivity contribution < 1.29 is 14.3 Å². The Morgan fingerprint density at radius 1 is 0.931 bits per heavy atom. The van der Waals surface area contributed by atoms with Crippen LogP contribution in [0.25, 0.3) is 16.9 Å². The van der Waals surface area contributed by atoms with Crippen LogP contribution >= 0.6 is 0 Å². The smallest absolute Gasteiger partial charge is 0.274 e. The fourth-order valence-electron chi connectivity index (χ4n) is 3.96. The van der Waals surface area contributed by atoms with Crippen molar-refractivity contribution in [3.05, 3.63) is 72.4 Å². The molecule has 1 aromatic heterocycles. The van der Waals surface area contributed by atoms with Crippen molar-refractivity contribution in [1.82, 2.24) is 14.7 Å². The number of carbonyl (C=O) groups excluding carboxylic acids is 1. The largest absolute Gasteiger partial charge is 0.380 e. The predicted molar refractivity (Wildman–Crippen MR) is 109 cm³/mol. The summed E-state index contributed by atoms with van der Waals surface area (Å²) in [5, 5.41) is 4.71. The van der Waals surface area contributed by atoms with Crippen LogP contribution in [0.2, 0.25) is 0 Å². The van der Waals surface area contributed by atoms with Gasteiger partial charge < -0.3 is 14.4 Å². The summed E-state index contributed by atoms with van der Waals surface area (Å²) in [7, 11) is 0. The molecule has 5 rings (SSSR count). The maximum absolute atomic E-state index is 13.4. The summed E-state index contributed by atoms with van der Waals surface area (Å²) >= 11 is 0. The van der Waals surface area contributed by atoms with Gasteiger partial charge in [-0.05, 0) is 18.2 Å². The van der Waals surface area contributed by atoms with Crippen LogP contribution in [0.5, 0.6) is 0 Å². The van der Waals surface area contributed by atoms with Gasteiger partial charge >= 0.3 is 0 Å². The van der Waals surface area contributed by atoms with Gasteiger partial charge in [0.15, 0.2) is 5.69 Å². The molecule has 148 valence electrons. The molecule has 1 spiro atoms. The third-order valence-corrected chi connectivity index (χ3v) is 5.54. The summed E-state index contributed by atoms with van der Waals surface area (Å²) in [5.41, 5.74) is 3.22. The number of hydrogen-bond donors (Lipinski definition) is 0. The van der Waals surface area contributed by atoms with Crippen LogP contribution in [0, 0.1) is 5.41 Å². The molecule has 2 saturated heterocycles. The quantitative estimate of drug-likeness (QED) is 0.691. The molecule has 0 aliphatic carbocycles. The zero-order chi connectivity index (χ0) is 19.7. The summed E-state index contributed by atoms with van der Waals surface area (Å²) in [6.07, 6.45) is 0. The maximum atomic E-state index is 13.4. The van der Waals surface area contributed by atoms with Gasteiger partial charge in [-0.1, -0.05) is 48.5 Å². The van der Waals surface area contributed by atoms with Crippen LogP contribution < -0.4 is 0 Å². The SMILES string of the molecule is O=C(c1cc(-c2ccccc2)n(-c2ccccc2)n1)N1CCOCC2(COC2)C1. The lowest BCUT2D eigenvalue weighted by Crippen LogP contribution is -2.53. The zero-order valence-corrected chi connectivity index (χ0v) is 16.2. The van der Waals surface area contributed by atoms with Crippen LogP contribution in [0.15, 0.2) is 66.7 Å². The standard InChI is InChI=1S/C23H23N3O3/c27-22(25-11-12-28-15-23(14-25)16-29-17-23)20-13-21(18-7-3-1-4-8-18)26(24-20)19-9-5-2-6-10-19/h1-10,13H,11-12,14-17H2. The minimum atomic E-state index is -0.0730. The zero-order valence-electron chi connectivity index (χ0n) is 16.2. The molecule has 3 heterocycles. The van der Waals surface area contributed by atoms with E-state index in [0.717, 1.165) is 16.9 Å². The highest BCUT2D eigenvalue weighted by molar-refractivity contribution is 5.93. The van der Waals surface area contributed by atoms with E-state index in [-0.39, 0.29) is 11.3 Å². The van der Waals surface area contributed by atoms with Gasteiger partial charge in [0, 0.05) is 18.7 Å². The number of aromatic nitrogens is 2. The van der Waals surface area contributed by atoms with Crippen molar-refractivity contribution in [3.63, 3.8) is 0 Å². The van der Waals surface area contributed by atoms with Crippen molar-refractivity contribution in [2.45, 2.75) is 0 Å². The van der Waals surface area contributed by atoms with Gasteiger partial charge in [-0.3, -0.25) is 4.79 Å². The van der Waals surface area contributed by atoms with Crippen molar-refractivity contribution in [1.29, 1.82) is 0 Å². The molecule has 0 unspecified atom stereocenters. The number of hydrogen-bond acceptors (Lipinski definition) is 4. The Bertz CT molecular complexity index is 940. The number of para-hydroxylation sites is 1. The Morgan fingerprint density at radius 2 is 1.62 bits per heavy atom. The van der Waals surface area contributed by atoms with Gasteiger partial charge in [-0.15, -0.1) is 0 Å². The molecular weight excluding hydrogens is 366 g/mol. The minimum absolute atomic E-state index is 0.0614. The van der Waals surface area contributed by atoms with Gasteiger partial charge in [0.1, 0.15) is 0 Å². The lowest BCUT2D eigenvalue weighted by molar-refractivity contribution is -0.143. The topological polar surface area (TPSA) is 56.6 Å². The molecule has 0 bridgehead atoms. The normalized spacial score (nSPS) is 18.3. The van der Waals surface area contributed by atoms with Crippen LogP contribution in [0.4, 0.5) is 0 Å². The van der Waals surface area contributed by atoms with E-state index in [1.54, 1.807) is 0 Å². The number of ether oxygens (including phenoxy) is 2. The number of nitrogens with zero attached hydrogens (tertiary/aromatic N) is 3. The first-order chi connectivity index (χ1) is 14.2. The van der Waals surface area contributed by atoms with E-state index in [0.29, 0.717) is 45.2 Å². The Balaban J connectivity index is 1.52. The van der Waals surface area contributed by atoms with Gasteiger partial charge in [0.2, 0.25) is 0 Å². The van der Waals surface area contributed by atoms with Crippen LogP contribution in [0.1, 0.15) is 10.5 Å². The average molecular weight is 389 g/mol. The van der Waals surface area contributed by atoms with Gasteiger partial charge in [-0.2, -0.15) is 5.10 Å². The van der Waals surface area contributed by atoms with E-state index in [9.17, 15) is 4.79 Å². The van der Waals surface area contributed by atoms with Crippen molar-refractivity contribution in [3.8, 4) is 16.9 Å². The summed E-state index contributed by atoms with van der Waals surface area (Å²) in [6.45, 7) is 3.68. The first-order valence-corrected chi connectivity index (χ1v) is 9.90. The molecular formula is C23H23N3O3. The van der Waals surface area contributed by atoms with Crippen LogP contribution in [-0.2, 0) is 9.47 Å².